The Morgan fingerprint density at radius 1 is 0.952 bits per heavy atom. The van der Waals surface area contributed by atoms with Crippen molar-refractivity contribution in [3.05, 3.63) is 75.1 Å². The predicted molar refractivity (Wildman–Crippen MR) is 88.5 cm³/mol. The van der Waals surface area contributed by atoms with Gasteiger partial charge in [0.2, 0.25) is 0 Å². The van der Waals surface area contributed by atoms with Crippen LogP contribution in [0.3, 0.4) is 0 Å². The Labute approximate surface area is 131 Å². The second-order valence-electron chi connectivity index (χ2n) is 4.24. The number of ketones is 1. The molecule has 0 bridgehead atoms. The van der Waals surface area contributed by atoms with Gasteiger partial charge in [-0.05, 0) is 47.2 Å². The number of carbonyl (C=O) groups excluding carboxylic acids is 1. The third-order valence-corrected chi connectivity index (χ3v) is 4.53. The van der Waals surface area contributed by atoms with Crippen molar-refractivity contribution in [2.75, 3.05) is 0 Å². The Morgan fingerprint density at radius 3 is 2.57 bits per heavy atom. The topological polar surface area (TPSA) is 26.3 Å². The van der Waals surface area contributed by atoms with E-state index in [0.29, 0.717) is 0 Å². The highest BCUT2D eigenvalue weighted by molar-refractivity contribution is 7.12. The monoisotopic (exact) mass is 312 g/mol. The fraction of sp³-hybridized carbons (Fsp3) is 0. The van der Waals surface area contributed by atoms with Gasteiger partial charge in [0, 0.05) is 0 Å². The van der Waals surface area contributed by atoms with E-state index in [0.717, 1.165) is 21.3 Å². The van der Waals surface area contributed by atoms with Crippen molar-refractivity contribution in [1.29, 1.82) is 0 Å². The smallest absolute Gasteiger partial charge is 0.195 e. The minimum Gasteiger partial charge on any atom is -0.456 e. The summed E-state index contributed by atoms with van der Waals surface area (Å²) in [6, 6.07) is 15.2. The zero-order valence-corrected chi connectivity index (χ0v) is 12.7. The van der Waals surface area contributed by atoms with Gasteiger partial charge in [-0.25, -0.2) is 0 Å². The number of carbonyl (C=O) groups is 1. The molecule has 0 aliphatic heterocycles. The third-order valence-electron chi connectivity index (χ3n) is 2.78. The lowest BCUT2D eigenvalue weighted by Gasteiger charge is -2.04. The summed E-state index contributed by atoms with van der Waals surface area (Å²) in [5.41, 5.74) is 0. The van der Waals surface area contributed by atoms with E-state index in [4.69, 9.17) is 4.74 Å². The highest BCUT2D eigenvalue weighted by atomic mass is 32.1. The Bertz CT molecular complexity index is 740. The predicted octanol–water partition coefficient (Wildman–Crippen LogP) is 5.50. The first-order chi connectivity index (χ1) is 10.3. The number of hydrogen-bond donors (Lipinski definition) is 0. The molecule has 0 aliphatic rings. The molecule has 0 aliphatic carbocycles. The van der Waals surface area contributed by atoms with Gasteiger partial charge in [-0.1, -0.05) is 24.3 Å². The van der Waals surface area contributed by atoms with Crippen LogP contribution < -0.4 is 4.74 Å². The summed E-state index contributed by atoms with van der Waals surface area (Å²) < 4.78 is 5.82. The molecular formula is C17H12O2S2. The molecule has 0 spiro atoms. The molecule has 2 nitrogen and oxygen atoms in total. The highest BCUT2D eigenvalue weighted by Gasteiger charge is 2.06. The Kier molecular flexibility index (Phi) is 4.28. The fourth-order valence-corrected chi connectivity index (χ4v) is 3.14. The van der Waals surface area contributed by atoms with E-state index in [1.807, 2.05) is 65.4 Å². The second kappa shape index (κ2) is 6.52. The van der Waals surface area contributed by atoms with Crippen LogP contribution >= 0.6 is 22.7 Å². The molecule has 4 heteroatoms. The number of para-hydroxylation sites is 1. The summed E-state index contributed by atoms with van der Waals surface area (Å²) in [6.07, 6.45) is 3.40. The molecule has 3 aromatic rings. The summed E-state index contributed by atoms with van der Waals surface area (Å²) in [6.45, 7) is 0. The first-order valence-corrected chi connectivity index (χ1v) is 8.15. The van der Waals surface area contributed by atoms with Gasteiger partial charge in [0.15, 0.2) is 5.78 Å². The molecule has 0 saturated heterocycles. The average molecular weight is 312 g/mol. The van der Waals surface area contributed by atoms with Crippen molar-refractivity contribution in [2.45, 2.75) is 0 Å². The molecule has 0 unspecified atom stereocenters. The van der Waals surface area contributed by atoms with E-state index >= 15 is 0 Å². The van der Waals surface area contributed by atoms with Gasteiger partial charge in [-0.15, -0.1) is 22.7 Å². The molecule has 0 fully saturated rings. The summed E-state index contributed by atoms with van der Waals surface area (Å²) in [5.74, 6) is 1.57. The van der Waals surface area contributed by atoms with Crippen molar-refractivity contribution in [3.63, 3.8) is 0 Å². The second-order valence-corrected chi connectivity index (χ2v) is 6.13. The zero-order chi connectivity index (χ0) is 14.5. The summed E-state index contributed by atoms with van der Waals surface area (Å²) >= 11 is 2.99. The van der Waals surface area contributed by atoms with E-state index in [2.05, 4.69) is 0 Å². The molecule has 0 amide bonds. The number of hydrogen-bond acceptors (Lipinski definition) is 4. The molecule has 0 radical (unpaired) electrons. The Hall–Kier alpha value is -2.17. The molecule has 2 heterocycles. The van der Waals surface area contributed by atoms with Gasteiger partial charge < -0.3 is 4.74 Å². The van der Waals surface area contributed by atoms with Gasteiger partial charge in [0.25, 0.3) is 0 Å². The minimum atomic E-state index is 0.0176. The lowest BCUT2D eigenvalue weighted by Crippen LogP contribution is -1.88. The number of benzene rings is 1. The number of rotatable bonds is 5. The van der Waals surface area contributed by atoms with Crippen molar-refractivity contribution >= 4 is 34.5 Å². The maximum atomic E-state index is 12.0. The normalized spacial score (nSPS) is 10.9. The van der Waals surface area contributed by atoms with Crippen molar-refractivity contribution in [1.82, 2.24) is 0 Å². The van der Waals surface area contributed by atoms with Crippen LogP contribution in [0.4, 0.5) is 0 Å². The van der Waals surface area contributed by atoms with E-state index in [9.17, 15) is 4.79 Å². The van der Waals surface area contributed by atoms with Crippen LogP contribution in [0.25, 0.3) is 6.08 Å². The standard InChI is InChI=1S/C17H12O2S2/c18-14(16-7-4-11-20-16)8-9-17-15(10-12-21-17)19-13-5-2-1-3-6-13/h1-12H/b9-8-. The lowest BCUT2D eigenvalue weighted by molar-refractivity contribution is 0.105. The van der Waals surface area contributed by atoms with E-state index in [1.165, 1.54) is 11.3 Å². The number of allylic oxidation sites excluding steroid dienone is 1. The first-order valence-electron chi connectivity index (χ1n) is 6.39. The zero-order valence-electron chi connectivity index (χ0n) is 11.1. The van der Waals surface area contributed by atoms with Crippen LogP contribution in [0.1, 0.15) is 14.5 Å². The van der Waals surface area contributed by atoms with Crippen LogP contribution in [0, 0.1) is 0 Å². The molecule has 2 aromatic heterocycles. The van der Waals surface area contributed by atoms with Gasteiger partial charge in [-0.3, -0.25) is 4.79 Å². The van der Waals surface area contributed by atoms with Crippen LogP contribution in [-0.4, -0.2) is 5.78 Å². The highest BCUT2D eigenvalue weighted by Crippen LogP contribution is 2.30. The Morgan fingerprint density at radius 2 is 1.81 bits per heavy atom. The fourth-order valence-electron chi connectivity index (χ4n) is 1.78. The van der Waals surface area contributed by atoms with Gasteiger partial charge in [0.05, 0.1) is 9.75 Å². The molecule has 0 atom stereocenters. The van der Waals surface area contributed by atoms with E-state index in [1.54, 1.807) is 17.4 Å². The van der Waals surface area contributed by atoms with Gasteiger partial charge >= 0.3 is 0 Å². The molecular weight excluding hydrogens is 300 g/mol. The average Bonchev–Trinajstić information content (AvgIpc) is 3.18. The van der Waals surface area contributed by atoms with Gasteiger partial charge in [-0.2, -0.15) is 0 Å². The van der Waals surface area contributed by atoms with Crippen molar-refractivity contribution in [2.24, 2.45) is 0 Å². The number of ether oxygens (including phenoxy) is 1. The molecule has 1 aromatic carbocycles. The van der Waals surface area contributed by atoms with Crippen LogP contribution in [0.15, 0.2) is 65.4 Å². The lowest BCUT2D eigenvalue weighted by atomic mass is 10.3. The van der Waals surface area contributed by atoms with Crippen LogP contribution in [-0.2, 0) is 0 Å². The van der Waals surface area contributed by atoms with Crippen LogP contribution in [0.2, 0.25) is 0 Å². The van der Waals surface area contributed by atoms with Gasteiger partial charge in [0.1, 0.15) is 11.5 Å². The SMILES string of the molecule is O=C(/C=C\c1sccc1Oc1ccccc1)c1cccs1. The third kappa shape index (κ3) is 3.48. The molecule has 0 saturated carbocycles. The van der Waals surface area contributed by atoms with Crippen molar-refractivity contribution < 1.29 is 9.53 Å². The molecule has 3 rings (SSSR count). The molecule has 21 heavy (non-hydrogen) atoms. The minimum absolute atomic E-state index is 0.0176. The van der Waals surface area contributed by atoms with E-state index in [-0.39, 0.29) is 5.78 Å². The largest absolute Gasteiger partial charge is 0.456 e. The number of thiophene rings is 2. The van der Waals surface area contributed by atoms with Crippen LogP contribution in [0.5, 0.6) is 11.5 Å². The quantitative estimate of drug-likeness (QED) is 0.459. The van der Waals surface area contributed by atoms with E-state index < -0.39 is 0 Å². The maximum absolute atomic E-state index is 12.0. The van der Waals surface area contributed by atoms with Crippen molar-refractivity contribution in [3.8, 4) is 11.5 Å². The Balaban J connectivity index is 1.75. The molecule has 0 N–H and O–H groups in total. The summed E-state index contributed by atoms with van der Waals surface area (Å²) in [7, 11) is 0. The molecule has 104 valence electrons. The summed E-state index contributed by atoms with van der Waals surface area (Å²) in [4.78, 5) is 13.6. The maximum Gasteiger partial charge on any atom is 0.195 e. The summed E-state index contributed by atoms with van der Waals surface area (Å²) in [5, 5.41) is 3.85. The first kappa shape index (κ1) is 13.8.